The Bertz CT molecular complexity index is 800. The summed E-state index contributed by atoms with van der Waals surface area (Å²) in [5.74, 6) is 0. The van der Waals surface area contributed by atoms with Crippen LogP contribution in [0.2, 0.25) is 0 Å². The zero-order chi connectivity index (χ0) is 19.4. The Hall–Kier alpha value is -2.43. The third-order valence-corrected chi connectivity index (χ3v) is 4.70. The highest BCUT2D eigenvalue weighted by Gasteiger charge is 2.14. The van der Waals surface area contributed by atoms with Gasteiger partial charge >= 0.3 is 0 Å². The Kier molecular flexibility index (Phi) is 8.28. The topological polar surface area (TPSA) is 36.3 Å². The van der Waals surface area contributed by atoms with E-state index in [0.29, 0.717) is 13.2 Å². The monoisotopic (exact) mass is 378 g/mol. The molecular formula is C24H30N2O2. The first-order valence-corrected chi connectivity index (χ1v) is 10.2. The molecule has 4 nitrogen and oxygen atoms in total. The van der Waals surface area contributed by atoms with E-state index in [4.69, 9.17) is 14.5 Å². The number of aryl methyl sites for hydroxylation is 1. The van der Waals surface area contributed by atoms with Gasteiger partial charge in [-0.1, -0.05) is 60.7 Å². The molecule has 0 bridgehead atoms. The highest BCUT2D eigenvalue weighted by molar-refractivity contribution is 5.78. The highest BCUT2D eigenvalue weighted by atomic mass is 16.5. The summed E-state index contributed by atoms with van der Waals surface area (Å²) in [7, 11) is 0. The molecule has 0 aliphatic carbocycles. The maximum Gasteiger partial charge on any atom is 0.0963 e. The van der Waals surface area contributed by atoms with E-state index in [2.05, 4.69) is 59.2 Å². The number of rotatable bonds is 12. The summed E-state index contributed by atoms with van der Waals surface area (Å²) in [6.07, 6.45) is 5.30. The number of imidazole rings is 1. The fourth-order valence-electron chi connectivity index (χ4n) is 3.29. The van der Waals surface area contributed by atoms with Crippen molar-refractivity contribution in [2.24, 2.45) is 0 Å². The van der Waals surface area contributed by atoms with Crippen LogP contribution in [0, 0.1) is 0 Å². The lowest BCUT2D eigenvalue weighted by Crippen LogP contribution is -2.05. The maximum atomic E-state index is 5.60. The molecule has 0 aliphatic rings. The minimum atomic E-state index is 0.688. The Morgan fingerprint density at radius 1 is 0.750 bits per heavy atom. The molecule has 0 radical (unpaired) electrons. The van der Waals surface area contributed by atoms with Gasteiger partial charge in [-0.25, -0.2) is 4.98 Å². The Morgan fingerprint density at radius 3 is 2.14 bits per heavy atom. The molecule has 0 unspecified atom stereocenters. The summed E-state index contributed by atoms with van der Waals surface area (Å²) in [6.45, 7) is 5.90. The van der Waals surface area contributed by atoms with E-state index >= 15 is 0 Å². The number of hydrogen-bond acceptors (Lipinski definition) is 3. The lowest BCUT2D eigenvalue weighted by atomic mass is 10.0. The Morgan fingerprint density at radius 2 is 1.43 bits per heavy atom. The summed E-state index contributed by atoms with van der Waals surface area (Å²) in [5.41, 5.74) is 4.60. The van der Waals surface area contributed by atoms with Crippen LogP contribution in [0.4, 0.5) is 0 Å². The van der Waals surface area contributed by atoms with Gasteiger partial charge in [-0.15, -0.1) is 0 Å². The van der Waals surface area contributed by atoms with Gasteiger partial charge in [-0.2, -0.15) is 0 Å². The minimum Gasteiger partial charge on any atom is -0.379 e. The molecule has 0 spiro atoms. The molecule has 0 aliphatic heterocycles. The molecule has 0 saturated carbocycles. The van der Waals surface area contributed by atoms with Crippen LogP contribution in [-0.2, 0) is 16.0 Å². The second kappa shape index (κ2) is 11.4. The van der Waals surface area contributed by atoms with Gasteiger partial charge in [0.05, 0.1) is 30.9 Å². The van der Waals surface area contributed by atoms with Gasteiger partial charge in [0.15, 0.2) is 0 Å². The number of nitrogens with zero attached hydrogens (tertiary/aromatic N) is 2. The van der Waals surface area contributed by atoms with Crippen molar-refractivity contribution in [2.75, 3.05) is 26.4 Å². The van der Waals surface area contributed by atoms with Crippen LogP contribution in [0.3, 0.4) is 0 Å². The van der Waals surface area contributed by atoms with E-state index in [9.17, 15) is 0 Å². The van der Waals surface area contributed by atoms with Crippen LogP contribution in [0.25, 0.3) is 22.5 Å². The average molecular weight is 379 g/mol. The fraction of sp³-hybridized carbons (Fsp3) is 0.375. The first-order chi connectivity index (χ1) is 13.9. The molecule has 3 rings (SSSR count). The first-order valence-electron chi connectivity index (χ1n) is 10.2. The normalized spacial score (nSPS) is 11.0. The second-order valence-electron chi connectivity index (χ2n) is 6.74. The van der Waals surface area contributed by atoms with Crippen LogP contribution in [0.5, 0.6) is 0 Å². The van der Waals surface area contributed by atoms with Crippen molar-refractivity contribution in [3.8, 4) is 22.5 Å². The molecule has 3 aromatic rings. The minimum absolute atomic E-state index is 0.688. The first kappa shape index (κ1) is 20.3. The Balaban J connectivity index is 1.60. The predicted molar refractivity (Wildman–Crippen MR) is 114 cm³/mol. The fourth-order valence-corrected chi connectivity index (χ4v) is 3.29. The van der Waals surface area contributed by atoms with Gasteiger partial charge in [0.2, 0.25) is 0 Å². The van der Waals surface area contributed by atoms with Gasteiger partial charge in [0.1, 0.15) is 0 Å². The van der Waals surface area contributed by atoms with E-state index < -0.39 is 0 Å². The molecule has 148 valence electrons. The summed E-state index contributed by atoms with van der Waals surface area (Å²) < 4.78 is 13.2. The van der Waals surface area contributed by atoms with E-state index in [1.165, 1.54) is 11.3 Å². The highest BCUT2D eigenvalue weighted by Crippen LogP contribution is 2.31. The van der Waals surface area contributed by atoms with Gasteiger partial charge in [-0.05, 0) is 26.2 Å². The molecule has 4 heteroatoms. The summed E-state index contributed by atoms with van der Waals surface area (Å²) in [5, 5.41) is 0. The molecule has 0 N–H and O–H groups in total. The van der Waals surface area contributed by atoms with Crippen LogP contribution < -0.4 is 0 Å². The predicted octanol–water partition coefficient (Wildman–Crippen LogP) is 5.44. The van der Waals surface area contributed by atoms with E-state index in [1.807, 2.05) is 19.3 Å². The number of benzene rings is 2. The molecule has 0 fully saturated rings. The zero-order valence-electron chi connectivity index (χ0n) is 16.7. The summed E-state index contributed by atoms with van der Waals surface area (Å²) >= 11 is 0. The van der Waals surface area contributed by atoms with Crippen molar-refractivity contribution in [3.63, 3.8) is 0 Å². The number of unbranched alkanes of at least 4 members (excludes halogenated alkanes) is 2. The van der Waals surface area contributed by atoms with E-state index in [-0.39, 0.29) is 0 Å². The van der Waals surface area contributed by atoms with Crippen LogP contribution in [0.15, 0.2) is 67.0 Å². The standard InChI is InChI=1S/C24H30N2O2/c1-2-27-18-19-28-17-11-5-10-16-26-20-25-23(21-12-6-3-7-13-21)24(26)22-14-8-4-9-15-22/h3-4,6-9,12-15,20H,2,5,10-11,16-19H2,1H3. The molecule has 1 heterocycles. The largest absolute Gasteiger partial charge is 0.379 e. The lowest BCUT2D eigenvalue weighted by molar-refractivity contribution is 0.0512. The Labute approximate surface area is 168 Å². The quantitative estimate of drug-likeness (QED) is 0.394. The van der Waals surface area contributed by atoms with Gasteiger partial charge in [0.25, 0.3) is 0 Å². The molecule has 1 aromatic heterocycles. The van der Waals surface area contributed by atoms with Gasteiger partial charge in [0, 0.05) is 30.9 Å². The third-order valence-electron chi connectivity index (χ3n) is 4.70. The van der Waals surface area contributed by atoms with Crippen molar-refractivity contribution in [1.82, 2.24) is 9.55 Å². The second-order valence-corrected chi connectivity index (χ2v) is 6.74. The van der Waals surface area contributed by atoms with Crippen molar-refractivity contribution in [2.45, 2.75) is 32.7 Å². The van der Waals surface area contributed by atoms with Crippen molar-refractivity contribution < 1.29 is 9.47 Å². The molecule has 2 aromatic carbocycles. The maximum absolute atomic E-state index is 5.60. The van der Waals surface area contributed by atoms with Crippen LogP contribution in [-0.4, -0.2) is 36.0 Å². The molecule has 0 saturated heterocycles. The number of aromatic nitrogens is 2. The zero-order valence-corrected chi connectivity index (χ0v) is 16.7. The van der Waals surface area contributed by atoms with Crippen molar-refractivity contribution in [3.05, 3.63) is 67.0 Å². The number of ether oxygens (including phenoxy) is 2. The van der Waals surface area contributed by atoms with E-state index in [1.54, 1.807) is 0 Å². The lowest BCUT2D eigenvalue weighted by Gasteiger charge is -2.11. The smallest absolute Gasteiger partial charge is 0.0963 e. The van der Waals surface area contributed by atoms with E-state index in [0.717, 1.165) is 50.3 Å². The van der Waals surface area contributed by atoms with Crippen LogP contribution in [0.1, 0.15) is 26.2 Å². The average Bonchev–Trinajstić information content (AvgIpc) is 3.18. The molecular weight excluding hydrogens is 348 g/mol. The van der Waals surface area contributed by atoms with Crippen molar-refractivity contribution >= 4 is 0 Å². The summed E-state index contributed by atoms with van der Waals surface area (Å²) in [6, 6.07) is 21.0. The number of hydrogen-bond donors (Lipinski definition) is 0. The third kappa shape index (κ3) is 5.78. The van der Waals surface area contributed by atoms with Crippen LogP contribution >= 0.6 is 0 Å². The SMILES string of the molecule is CCOCCOCCCCCn1cnc(-c2ccccc2)c1-c1ccccc1. The molecule has 0 amide bonds. The summed E-state index contributed by atoms with van der Waals surface area (Å²) in [4.78, 5) is 4.74. The van der Waals surface area contributed by atoms with Crippen molar-refractivity contribution in [1.29, 1.82) is 0 Å². The molecule has 0 atom stereocenters. The molecule has 28 heavy (non-hydrogen) atoms. The van der Waals surface area contributed by atoms with Gasteiger partial charge < -0.3 is 14.0 Å². The van der Waals surface area contributed by atoms with Gasteiger partial charge in [-0.3, -0.25) is 0 Å².